The molecule has 1 rings (SSSR count). The molecule has 1 aliphatic rings. The van der Waals surface area contributed by atoms with Gasteiger partial charge in [0.15, 0.2) is 0 Å². The van der Waals surface area contributed by atoms with E-state index in [1.54, 1.807) is 0 Å². The van der Waals surface area contributed by atoms with E-state index < -0.39 is 0 Å². The van der Waals surface area contributed by atoms with Crippen molar-refractivity contribution in [1.29, 1.82) is 0 Å². The van der Waals surface area contributed by atoms with E-state index in [2.05, 4.69) is 26.8 Å². The molecule has 0 aliphatic heterocycles. The summed E-state index contributed by atoms with van der Waals surface area (Å²) in [6.45, 7) is 6.43. The SMILES string of the molecule is CC1=CCC(C(C)(C)SO)CC1. The Balaban J connectivity index is 2.56. The lowest BCUT2D eigenvalue weighted by atomic mass is 9.82. The topological polar surface area (TPSA) is 20.2 Å². The van der Waals surface area contributed by atoms with E-state index in [0.29, 0.717) is 5.92 Å². The van der Waals surface area contributed by atoms with E-state index >= 15 is 0 Å². The van der Waals surface area contributed by atoms with Crippen molar-refractivity contribution in [3.05, 3.63) is 11.6 Å². The third kappa shape index (κ3) is 2.27. The Morgan fingerprint density at radius 2 is 2.25 bits per heavy atom. The standard InChI is InChI=1S/C10H18OS/c1-8-4-6-9(7-5-8)10(2,3)12-11/h4,9,11H,5-7H2,1-3H3. The highest BCUT2D eigenvalue weighted by molar-refractivity contribution is 7.95. The summed E-state index contributed by atoms with van der Waals surface area (Å²) in [5, 5.41) is 0. The van der Waals surface area contributed by atoms with Gasteiger partial charge in [-0.05, 0) is 58.0 Å². The summed E-state index contributed by atoms with van der Waals surface area (Å²) in [6.07, 6.45) is 5.87. The highest BCUT2D eigenvalue weighted by Crippen LogP contribution is 2.38. The van der Waals surface area contributed by atoms with Crippen LogP contribution in [0.1, 0.15) is 40.0 Å². The van der Waals surface area contributed by atoms with Crippen LogP contribution in [0, 0.1) is 5.92 Å². The minimum atomic E-state index is 0.0250. The molecule has 0 fully saturated rings. The highest BCUT2D eigenvalue weighted by atomic mass is 32.2. The van der Waals surface area contributed by atoms with Crippen molar-refractivity contribution in [3.63, 3.8) is 0 Å². The van der Waals surface area contributed by atoms with Crippen molar-refractivity contribution >= 4 is 12.0 Å². The maximum Gasteiger partial charge on any atom is 0.0395 e. The zero-order chi connectivity index (χ0) is 9.19. The molecule has 0 heterocycles. The van der Waals surface area contributed by atoms with Crippen LogP contribution in [-0.4, -0.2) is 9.30 Å². The van der Waals surface area contributed by atoms with Gasteiger partial charge < -0.3 is 4.55 Å². The average molecular weight is 186 g/mol. The lowest BCUT2D eigenvalue weighted by molar-refractivity contribution is 0.373. The van der Waals surface area contributed by atoms with Gasteiger partial charge in [-0.1, -0.05) is 11.6 Å². The molecule has 1 nitrogen and oxygen atoms in total. The van der Waals surface area contributed by atoms with Crippen LogP contribution in [0.4, 0.5) is 0 Å². The molecule has 70 valence electrons. The van der Waals surface area contributed by atoms with Gasteiger partial charge in [0, 0.05) is 4.75 Å². The molecule has 0 aromatic heterocycles. The molecule has 0 spiro atoms. The zero-order valence-electron chi connectivity index (χ0n) is 8.13. The van der Waals surface area contributed by atoms with Crippen LogP contribution in [-0.2, 0) is 0 Å². The van der Waals surface area contributed by atoms with E-state index in [1.807, 2.05) is 0 Å². The molecule has 0 aromatic rings. The Labute approximate surface area is 79.5 Å². The van der Waals surface area contributed by atoms with Gasteiger partial charge in [-0.25, -0.2) is 0 Å². The van der Waals surface area contributed by atoms with E-state index in [9.17, 15) is 0 Å². The van der Waals surface area contributed by atoms with Crippen molar-refractivity contribution in [2.75, 3.05) is 0 Å². The summed E-state index contributed by atoms with van der Waals surface area (Å²) in [5.41, 5.74) is 1.50. The Hall–Kier alpha value is 0.0500. The van der Waals surface area contributed by atoms with Crippen LogP contribution in [0.15, 0.2) is 11.6 Å². The predicted octanol–water partition coefficient (Wildman–Crippen LogP) is 3.72. The van der Waals surface area contributed by atoms with Crippen LogP contribution in [0.5, 0.6) is 0 Å². The molecule has 0 saturated carbocycles. The molecule has 1 unspecified atom stereocenters. The Bertz CT molecular complexity index is 184. The maximum absolute atomic E-state index is 9.11. The van der Waals surface area contributed by atoms with Crippen LogP contribution in [0.25, 0.3) is 0 Å². The summed E-state index contributed by atoms with van der Waals surface area (Å²) in [6, 6.07) is 0. The van der Waals surface area contributed by atoms with Gasteiger partial charge in [0.2, 0.25) is 0 Å². The van der Waals surface area contributed by atoms with Crippen LogP contribution >= 0.6 is 12.0 Å². The largest absolute Gasteiger partial charge is 0.329 e. The average Bonchev–Trinajstić information content (AvgIpc) is 2.05. The molecule has 0 aromatic carbocycles. The molecular weight excluding hydrogens is 168 g/mol. The first-order valence-corrected chi connectivity index (χ1v) is 5.32. The number of rotatable bonds is 2. The first-order valence-electron chi connectivity index (χ1n) is 4.54. The van der Waals surface area contributed by atoms with Gasteiger partial charge in [0.1, 0.15) is 0 Å². The fourth-order valence-corrected chi connectivity index (χ4v) is 2.03. The summed E-state index contributed by atoms with van der Waals surface area (Å²) in [4.78, 5) is 0. The summed E-state index contributed by atoms with van der Waals surface area (Å²) >= 11 is 1.01. The second kappa shape index (κ2) is 3.84. The molecule has 12 heavy (non-hydrogen) atoms. The summed E-state index contributed by atoms with van der Waals surface area (Å²) in [7, 11) is 0. The monoisotopic (exact) mass is 186 g/mol. The fraction of sp³-hybridized carbons (Fsp3) is 0.800. The molecule has 1 N–H and O–H groups in total. The predicted molar refractivity (Wildman–Crippen MR) is 55.4 cm³/mol. The van der Waals surface area contributed by atoms with E-state index in [4.69, 9.17) is 4.55 Å². The van der Waals surface area contributed by atoms with Gasteiger partial charge >= 0.3 is 0 Å². The Morgan fingerprint density at radius 1 is 1.58 bits per heavy atom. The van der Waals surface area contributed by atoms with Crippen LogP contribution in [0.3, 0.4) is 0 Å². The summed E-state index contributed by atoms with van der Waals surface area (Å²) < 4.78 is 9.13. The second-order valence-electron chi connectivity index (χ2n) is 4.22. The summed E-state index contributed by atoms with van der Waals surface area (Å²) in [5.74, 6) is 0.635. The van der Waals surface area contributed by atoms with E-state index in [-0.39, 0.29) is 4.75 Å². The molecule has 0 bridgehead atoms. The Morgan fingerprint density at radius 3 is 2.67 bits per heavy atom. The first-order chi connectivity index (χ1) is 5.56. The van der Waals surface area contributed by atoms with Crippen molar-refractivity contribution in [3.8, 4) is 0 Å². The molecule has 2 heteroatoms. The fourth-order valence-electron chi connectivity index (χ4n) is 1.67. The number of hydrogen-bond donors (Lipinski definition) is 1. The Kier molecular flexibility index (Phi) is 3.24. The lowest BCUT2D eigenvalue weighted by Gasteiger charge is -2.33. The zero-order valence-corrected chi connectivity index (χ0v) is 8.95. The lowest BCUT2D eigenvalue weighted by Crippen LogP contribution is -2.28. The number of allylic oxidation sites excluding steroid dienone is 2. The molecular formula is C10H18OS. The highest BCUT2D eigenvalue weighted by Gasteiger charge is 2.30. The molecule has 1 atom stereocenters. The van der Waals surface area contributed by atoms with Crippen molar-refractivity contribution in [2.24, 2.45) is 5.92 Å². The molecule has 0 amide bonds. The van der Waals surface area contributed by atoms with Gasteiger partial charge in [0.05, 0.1) is 0 Å². The van der Waals surface area contributed by atoms with Gasteiger partial charge in [-0.3, -0.25) is 0 Å². The van der Waals surface area contributed by atoms with Crippen molar-refractivity contribution in [1.82, 2.24) is 0 Å². The van der Waals surface area contributed by atoms with Gasteiger partial charge in [0.25, 0.3) is 0 Å². The minimum absolute atomic E-state index is 0.0250. The normalized spacial score (nSPS) is 25.3. The second-order valence-corrected chi connectivity index (χ2v) is 5.45. The van der Waals surface area contributed by atoms with Crippen molar-refractivity contribution < 1.29 is 4.55 Å². The van der Waals surface area contributed by atoms with Crippen molar-refractivity contribution in [2.45, 2.75) is 44.8 Å². The molecule has 1 aliphatic carbocycles. The van der Waals surface area contributed by atoms with E-state index in [0.717, 1.165) is 18.5 Å². The van der Waals surface area contributed by atoms with E-state index in [1.165, 1.54) is 18.4 Å². The third-order valence-corrected chi connectivity index (χ3v) is 3.66. The minimum Gasteiger partial charge on any atom is -0.329 e. The molecule has 0 radical (unpaired) electrons. The number of hydrogen-bond acceptors (Lipinski definition) is 2. The van der Waals surface area contributed by atoms with Gasteiger partial charge in [-0.2, -0.15) is 0 Å². The first kappa shape index (κ1) is 10.1. The quantitative estimate of drug-likeness (QED) is 0.524. The third-order valence-electron chi connectivity index (χ3n) is 2.86. The maximum atomic E-state index is 9.11. The van der Waals surface area contributed by atoms with Crippen LogP contribution in [0.2, 0.25) is 0 Å². The molecule has 0 saturated heterocycles. The van der Waals surface area contributed by atoms with Crippen LogP contribution < -0.4 is 0 Å². The van der Waals surface area contributed by atoms with Gasteiger partial charge in [-0.15, -0.1) is 0 Å². The smallest absolute Gasteiger partial charge is 0.0395 e.